The summed E-state index contributed by atoms with van der Waals surface area (Å²) in [5.41, 5.74) is -0.582. The van der Waals surface area contributed by atoms with Crippen molar-refractivity contribution in [3.63, 3.8) is 0 Å². The van der Waals surface area contributed by atoms with Gasteiger partial charge in [-0.1, -0.05) is 20.8 Å². The number of rotatable bonds is 20. The first kappa shape index (κ1) is 49.5. The quantitative estimate of drug-likeness (QED) is 0.0547. The molecule has 0 saturated heterocycles. The summed E-state index contributed by atoms with van der Waals surface area (Å²) in [6, 6.07) is 0. The van der Waals surface area contributed by atoms with Gasteiger partial charge >= 0.3 is 0 Å². The molecule has 0 heterocycles. The Labute approximate surface area is 345 Å². The fourth-order valence-electron chi connectivity index (χ4n) is 11.4. The van der Waals surface area contributed by atoms with Gasteiger partial charge in [-0.05, 0) is 97.7 Å². The number of nitrogens with one attached hydrogen (secondary N) is 2. The fraction of sp³-hybridized carbons (Fsp3) is 0.925. The van der Waals surface area contributed by atoms with Gasteiger partial charge in [-0.2, -0.15) is 0 Å². The average Bonchev–Trinajstić information content (AvgIpc) is 3.58. The highest BCUT2D eigenvalue weighted by molar-refractivity contribution is 5.82. The number of nitrogens with zero attached hydrogens (tertiary/aromatic N) is 1. The van der Waals surface area contributed by atoms with Crippen LogP contribution in [0.4, 0.5) is 0 Å². The summed E-state index contributed by atoms with van der Waals surface area (Å²) in [6.45, 7) is 3.62. The minimum Gasteiger partial charge on any atom is -0.394 e. The first-order chi connectivity index (χ1) is 27.6. The van der Waals surface area contributed by atoms with Crippen LogP contribution in [0.15, 0.2) is 0 Å². The lowest BCUT2D eigenvalue weighted by molar-refractivity contribution is -0.207. The molecule has 19 atom stereocenters. The monoisotopic (exact) mass is 849 g/mol. The first-order valence-corrected chi connectivity index (χ1v) is 21.2. The van der Waals surface area contributed by atoms with Gasteiger partial charge in [0, 0.05) is 32.6 Å². The van der Waals surface area contributed by atoms with Crippen LogP contribution >= 0.6 is 0 Å². The zero-order valence-electron chi connectivity index (χ0n) is 34.4. The molecule has 0 aromatic carbocycles. The normalized spacial score (nSPS) is 36.3. The van der Waals surface area contributed by atoms with Gasteiger partial charge in [0.1, 0.15) is 36.6 Å². The zero-order chi connectivity index (χ0) is 44.1. The maximum absolute atomic E-state index is 13.8. The Kier molecular flexibility index (Phi) is 17.5. The Balaban J connectivity index is 1.41. The molecule has 19 heteroatoms. The molecule has 342 valence electrons. The summed E-state index contributed by atoms with van der Waals surface area (Å²) in [4.78, 5) is 40.2. The molecule has 0 radical (unpaired) electrons. The van der Waals surface area contributed by atoms with E-state index in [1.54, 1.807) is 0 Å². The average molecular weight is 850 g/mol. The third kappa shape index (κ3) is 10.6. The van der Waals surface area contributed by atoms with Crippen LogP contribution < -0.4 is 10.6 Å². The van der Waals surface area contributed by atoms with Gasteiger partial charge in [-0.15, -0.1) is 0 Å². The Morgan fingerprint density at radius 1 is 0.712 bits per heavy atom. The van der Waals surface area contributed by atoms with Crippen molar-refractivity contribution in [1.82, 2.24) is 15.5 Å². The SMILES string of the molecule is C[C@H](CCC(=O)N(CCNC(=O)[C@H](O)[C@H](O)[C@H](O)[C@H](O)CO)CCNC(=O)[C@H](O)[C@H](O)[C@H](O)[C@@H](O)CO)[C@H]1CC[C@H]2[C@@H]3[C@H](O)C[C@@H]4C[C@H](O)CC[C@]4(C)[C@H]3C[C@H](O)[C@]12C. The van der Waals surface area contributed by atoms with Crippen molar-refractivity contribution in [1.29, 1.82) is 0 Å². The highest BCUT2D eigenvalue weighted by Gasteiger charge is 2.65. The summed E-state index contributed by atoms with van der Waals surface area (Å²) in [5.74, 6) is -2.28. The molecule has 4 aliphatic carbocycles. The Hall–Kier alpha value is -2.11. The predicted molar refractivity (Wildman–Crippen MR) is 207 cm³/mol. The molecule has 0 aromatic rings. The van der Waals surface area contributed by atoms with E-state index in [0.29, 0.717) is 32.1 Å². The number of aliphatic hydroxyl groups is 13. The lowest BCUT2D eigenvalue weighted by Gasteiger charge is -2.63. The van der Waals surface area contributed by atoms with E-state index in [0.717, 1.165) is 19.3 Å². The maximum Gasteiger partial charge on any atom is 0.251 e. The third-order valence-corrected chi connectivity index (χ3v) is 15.1. The number of hydrogen-bond donors (Lipinski definition) is 15. The van der Waals surface area contributed by atoms with Crippen LogP contribution in [-0.2, 0) is 14.4 Å². The summed E-state index contributed by atoms with van der Waals surface area (Å²) in [5, 5.41) is 136. The molecular formula is C40H71N3O16. The summed E-state index contributed by atoms with van der Waals surface area (Å²) in [6.07, 6.45) is -12.5. The highest BCUT2D eigenvalue weighted by atomic mass is 16.4. The summed E-state index contributed by atoms with van der Waals surface area (Å²) in [7, 11) is 0. The molecule has 4 aliphatic rings. The van der Waals surface area contributed by atoms with E-state index in [9.17, 15) is 70.6 Å². The molecule has 0 spiro atoms. The lowest BCUT2D eigenvalue weighted by atomic mass is 9.43. The second kappa shape index (κ2) is 20.8. The number of hydrogen-bond acceptors (Lipinski definition) is 16. The maximum atomic E-state index is 13.8. The third-order valence-electron chi connectivity index (χ3n) is 15.1. The van der Waals surface area contributed by atoms with Crippen LogP contribution in [0.2, 0.25) is 0 Å². The van der Waals surface area contributed by atoms with Crippen LogP contribution in [-0.4, -0.2) is 196 Å². The van der Waals surface area contributed by atoms with Gasteiger partial charge in [-0.3, -0.25) is 14.4 Å². The van der Waals surface area contributed by atoms with E-state index < -0.39 is 97.4 Å². The van der Waals surface area contributed by atoms with Crippen LogP contribution in [0.25, 0.3) is 0 Å². The van der Waals surface area contributed by atoms with E-state index in [1.807, 2.05) is 6.92 Å². The van der Waals surface area contributed by atoms with E-state index in [-0.39, 0.29) is 79.6 Å². The van der Waals surface area contributed by atoms with Gasteiger partial charge in [0.2, 0.25) is 5.91 Å². The van der Waals surface area contributed by atoms with Gasteiger partial charge in [-0.25, -0.2) is 0 Å². The summed E-state index contributed by atoms with van der Waals surface area (Å²) < 4.78 is 0. The number of fused-ring (bicyclic) bond motifs is 5. The van der Waals surface area contributed by atoms with E-state index in [1.165, 1.54) is 4.90 Å². The van der Waals surface area contributed by atoms with Crippen LogP contribution in [0.1, 0.15) is 78.6 Å². The topological polar surface area (TPSA) is 342 Å². The van der Waals surface area contributed by atoms with Gasteiger partial charge in [0.05, 0.1) is 31.5 Å². The number of carbonyl (C=O) groups is 3. The summed E-state index contributed by atoms with van der Waals surface area (Å²) >= 11 is 0. The van der Waals surface area contributed by atoms with Crippen molar-refractivity contribution >= 4 is 17.7 Å². The van der Waals surface area contributed by atoms with Crippen LogP contribution in [0.5, 0.6) is 0 Å². The molecule has 0 unspecified atom stereocenters. The van der Waals surface area contributed by atoms with E-state index in [4.69, 9.17) is 10.2 Å². The second-order valence-electron chi connectivity index (χ2n) is 18.4. The Morgan fingerprint density at radius 3 is 1.75 bits per heavy atom. The van der Waals surface area contributed by atoms with Crippen molar-refractivity contribution < 1.29 is 80.8 Å². The Bertz CT molecular complexity index is 1350. The molecule has 19 nitrogen and oxygen atoms in total. The van der Waals surface area contributed by atoms with Crippen LogP contribution in [0.3, 0.4) is 0 Å². The lowest BCUT2D eigenvalue weighted by Crippen LogP contribution is -2.62. The van der Waals surface area contributed by atoms with E-state index in [2.05, 4.69) is 24.5 Å². The molecule has 0 bridgehead atoms. The van der Waals surface area contributed by atoms with Crippen molar-refractivity contribution in [3.8, 4) is 0 Å². The standard InChI is InChI=1S/C40H71N3O16/c1-19(22-5-6-23-30-24(16-28(50)40(22,23)3)39(2)9-8-21(46)14-20(39)15-25(30)47)4-7-29(51)43(12-10-41-37(58)35(56)33(54)31(52)26(48)17-44)13-11-42-38(59)36(57)34(55)32(53)27(49)18-45/h19-28,30-36,44-50,52-57H,4-18H2,1-3H3,(H,41,58)(H,42,59)/t19-,20+,21-,22-,23+,24+,25-,26-,27+,28+,30+,31-,32-,33-,34-,35-,36-,39+,40-/m1/s1. The fourth-order valence-corrected chi connectivity index (χ4v) is 11.4. The predicted octanol–water partition coefficient (Wildman–Crippen LogP) is -4.70. The van der Waals surface area contributed by atoms with Crippen molar-refractivity contribution in [3.05, 3.63) is 0 Å². The van der Waals surface area contributed by atoms with Crippen LogP contribution in [0, 0.1) is 46.3 Å². The van der Waals surface area contributed by atoms with Crippen molar-refractivity contribution in [2.45, 2.75) is 146 Å². The molecule has 4 rings (SSSR count). The molecule has 3 amide bonds. The van der Waals surface area contributed by atoms with Crippen molar-refractivity contribution in [2.24, 2.45) is 46.3 Å². The van der Waals surface area contributed by atoms with Crippen molar-refractivity contribution in [2.75, 3.05) is 39.4 Å². The molecule has 4 saturated carbocycles. The largest absolute Gasteiger partial charge is 0.394 e. The van der Waals surface area contributed by atoms with E-state index >= 15 is 0 Å². The molecule has 59 heavy (non-hydrogen) atoms. The molecular weight excluding hydrogens is 778 g/mol. The first-order valence-electron chi connectivity index (χ1n) is 21.2. The molecule has 4 fully saturated rings. The van der Waals surface area contributed by atoms with Gasteiger partial charge in [0.25, 0.3) is 11.8 Å². The minimum atomic E-state index is -2.21. The minimum absolute atomic E-state index is 0.0184. The smallest absolute Gasteiger partial charge is 0.251 e. The van der Waals surface area contributed by atoms with Gasteiger partial charge in [0.15, 0.2) is 12.2 Å². The Morgan fingerprint density at radius 2 is 1.24 bits per heavy atom. The number of amides is 3. The highest BCUT2D eigenvalue weighted by Crippen LogP contribution is 2.68. The molecule has 0 aliphatic heterocycles. The molecule has 0 aromatic heterocycles. The second-order valence-corrected chi connectivity index (χ2v) is 18.4. The van der Waals surface area contributed by atoms with Gasteiger partial charge < -0.3 is 81.9 Å². The zero-order valence-corrected chi connectivity index (χ0v) is 34.4. The molecule has 15 N–H and O–H groups in total. The number of aliphatic hydroxyl groups excluding tert-OH is 13. The number of carbonyl (C=O) groups excluding carboxylic acids is 3.